The van der Waals surface area contributed by atoms with Crippen LogP contribution < -0.4 is 10.1 Å². The van der Waals surface area contributed by atoms with Crippen LogP contribution in [0, 0.1) is 0 Å². The predicted molar refractivity (Wildman–Crippen MR) is 76.9 cm³/mol. The molecular formula is C15H24N2O3. The third-order valence-corrected chi connectivity index (χ3v) is 3.11. The summed E-state index contributed by atoms with van der Waals surface area (Å²) in [6.07, 6.45) is 5.20. The topological polar surface area (TPSA) is 52.6 Å². The summed E-state index contributed by atoms with van der Waals surface area (Å²) in [6, 6.07) is 4.70. The van der Waals surface area contributed by atoms with Gasteiger partial charge < -0.3 is 19.5 Å². The second-order valence-corrected chi connectivity index (χ2v) is 4.93. The van der Waals surface area contributed by atoms with Gasteiger partial charge in [-0.2, -0.15) is 0 Å². The van der Waals surface area contributed by atoms with Gasteiger partial charge in [-0.25, -0.2) is 4.98 Å². The molecule has 1 heterocycles. The maximum atomic E-state index is 5.73. The molecule has 0 aromatic carbocycles. The highest BCUT2D eigenvalue weighted by atomic mass is 16.5. The van der Waals surface area contributed by atoms with Crippen LogP contribution in [-0.2, 0) is 16.0 Å². The quantitative estimate of drug-likeness (QED) is 0.626. The van der Waals surface area contributed by atoms with E-state index >= 15 is 0 Å². The van der Waals surface area contributed by atoms with Crippen LogP contribution in [-0.4, -0.2) is 44.6 Å². The van der Waals surface area contributed by atoms with Crippen LogP contribution in [0.4, 0.5) is 0 Å². The summed E-state index contributed by atoms with van der Waals surface area (Å²) in [6.45, 7) is 3.42. The fraction of sp³-hybridized carbons (Fsp3) is 0.667. The number of methoxy groups -OCH3 is 1. The van der Waals surface area contributed by atoms with E-state index in [0.717, 1.165) is 24.4 Å². The summed E-state index contributed by atoms with van der Waals surface area (Å²) in [5, 5.41) is 3.48. The summed E-state index contributed by atoms with van der Waals surface area (Å²) in [5.74, 6) is 0.734. The highest BCUT2D eigenvalue weighted by Crippen LogP contribution is 2.21. The van der Waals surface area contributed by atoms with E-state index in [9.17, 15) is 0 Å². The lowest BCUT2D eigenvalue weighted by Gasteiger charge is -2.10. The van der Waals surface area contributed by atoms with Crippen LogP contribution in [0.1, 0.15) is 24.8 Å². The van der Waals surface area contributed by atoms with Gasteiger partial charge in [-0.05, 0) is 18.9 Å². The van der Waals surface area contributed by atoms with Gasteiger partial charge in [-0.15, -0.1) is 0 Å². The average Bonchev–Trinajstić information content (AvgIpc) is 3.29. The minimum absolute atomic E-state index is 0.625. The molecule has 0 spiro atoms. The van der Waals surface area contributed by atoms with Gasteiger partial charge in [-0.1, -0.05) is 6.07 Å². The van der Waals surface area contributed by atoms with Crippen LogP contribution in [0.3, 0.4) is 0 Å². The first-order valence-electron chi connectivity index (χ1n) is 7.27. The van der Waals surface area contributed by atoms with Crippen molar-refractivity contribution in [1.82, 2.24) is 10.3 Å². The van der Waals surface area contributed by atoms with E-state index in [1.165, 1.54) is 12.8 Å². The van der Waals surface area contributed by atoms with Crippen LogP contribution in [0.5, 0.6) is 5.88 Å². The van der Waals surface area contributed by atoms with Gasteiger partial charge in [-0.3, -0.25) is 0 Å². The first-order chi connectivity index (χ1) is 9.90. The summed E-state index contributed by atoms with van der Waals surface area (Å²) < 4.78 is 16.0. The Kier molecular flexibility index (Phi) is 6.77. The molecular weight excluding hydrogens is 256 g/mol. The van der Waals surface area contributed by atoms with Crippen LogP contribution in [0.15, 0.2) is 18.3 Å². The fourth-order valence-electron chi connectivity index (χ4n) is 1.80. The van der Waals surface area contributed by atoms with Gasteiger partial charge in [0, 0.05) is 44.5 Å². The molecule has 5 heteroatoms. The van der Waals surface area contributed by atoms with E-state index in [0.29, 0.717) is 32.5 Å². The van der Waals surface area contributed by atoms with Gasteiger partial charge in [0.15, 0.2) is 0 Å². The number of aromatic nitrogens is 1. The number of hydrogen-bond acceptors (Lipinski definition) is 5. The highest BCUT2D eigenvalue weighted by molar-refractivity contribution is 5.25. The molecule has 0 bridgehead atoms. The number of rotatable bonds is 11. The first-order valence-corrected chi connectivity index (χ1v) is 7.27. The number of pyridine rings is 1. The molecule has 1 N–H and O–H groups in total. The second kappa shape index (κ2) is 8.89. The van der Waals surface area contributed by atoms with Crippen molar-refractivity contribution in [2.75, 3.05) is 33.5 Å². The molecule has 0 aliphatic heterocycles. The lowest BCUT2D eigenvalue weighted by molar-refractivity contribution is 0.0641. The van der Waals surface area contributed by atoms with E-state index in [4.69, 9.17) is 14.2 Å². The molecule has 0 amide bonds. The third-order valence-electron chi connectivity index (χ3n) is 3.11. The molecule has 1 saturated carbocycles. The molecule has 1 aromatic rings. The Hall–Kier alpha value is -1.17. The average molecular weight is 280 g/mol. The zero-order chi connectivity index (χ0) is 14.0. The Morgan fingerprint density at radius 2 is 2.15 bits per heavy atom. The molecule has 0 atom stereocenters. The number of ether oxygens (including phenoxy) is 3. The van der Waals surface area contributed by atoms with Crippen molar-refractivity contribution in [1.29, 1.82) is 0 Å². The number of nitrogens with zero attached hydrogens (tertiary/aromatic N) is 1. The summed E-state index contributed by atoms with van der Waals surface area (Å²) in [5.41, 5.74) is 1.12. The normalized spacial score (nSPS) is 14.4. The minimum atomic E-state index is 0.625. The number of nitrogens with one attached hydrogen (secondary N) is 1. The Labute approximate surface area is 120 Å². The van der Waals surface area contributed by atoms with Gasteiger partial charge in [0.25, 0.3) is 0 Å². The summed E-state index contributed by atoms with van der Waals surface area (Å²) >= 11 is 0. The molecule has 112 valence electrons. The maximum absolute atomic E-state index is 5.73. The van der Waals surface area contributed by atoms with Crippen LogP contribution in [0.2, 0.25) is 0 Å². The number of hydrogen-bond donors (Lipinski definition) is 1. The fourth-order valence-corrected chi connectivity index (χ4v) is 1.80. The van der Waals surface area contributed by atoms with Crippen molar-refractivity contribution in [2.24, 2.45) is 0 Å². The van der Waals surface area contributed by atoms with Crippen LogP contribution >= 0.6 is 0 Å². The van der Waals surface area contributed by atoms with E-state index in [1.807, 2.05) is 6.07 Å². The van der Waals surface area contributed by atoms with E-state index in [1.54, 1.807) is 13.3 Å². The summed E-state index contributed by atoms with van der Waals surface area (Å²) in [4.78, 5) is 4.30. The highest BCUT2D eigenvalue weighted by Gasteiger charge is 2.20. The van der Waals surface area contributed by atoms with Crippen molar-refractivity contribution < 1.29 is 14.2 Å². The van der Waals surface area contributed by atoms with E-state index in [2.05, 4.69) is 16.4 Å². The molecule has 0 radical (unpaired) electrons. The Balaban J connectivity index is 1.63. The molecule has 1 fully saturated rings. The molecule has 2 rings (SSSR count). The zero-order valence-electron chi connectivity index (χ0n) is 12.1. The maximum Gasteiger partial charge on any atom is 0.217 e. The Morgan fingerprint density at radius 1 is 1.25 bits per heavy atom. The molecule has 0 unspecified atom stereocenters. The lowest BCUT2D eigenvalue weighted by atomic mass is 10.2. The van der Waals surface area contributed by atoms with Crippen molar-refractivity contribution >= 4 is 0 Å². The van der Waals surface area contributed by atoms with Crippen molar-refractivity contribution in [3.05, 3.63) is 23.9 Å². The molecule has 5 nitrogen and oxygen atoms in total. The molecule has 1 aliphatic carbocycles. The zero-order valence-corrected chi connectivity index (χ0v) is 12.1. The summed E-state index contributed by atoms with van der Waals surface area (Å²) in [7, 11) is 1.67. The van der Waals surface area contributed by atoms with Crippen LogP contribution in [0.25, 0.3) is 0 Å². The van der Waals surface area contributed by atoms with Gasteiger partial charge in [0.1, 0.15) is 0 Å². The predicted octanol–water partition coefficient (Wildman–Crippen LogP) is 1.77. The van der Waals surface area contributed by atoms with Crippen molar-refractivity contribution in [2.45, 2.75) is 31.8 Å². The largest absolute Gasteiger partial charge is 0.477 e. The SMILES string of the molecule is COCCOCCCOc1ncccc1CNC1CC1. The third kappa shape index (κ3) is 5.86. The van der Waals surface area contributed by atoms with Gasteiger partial charge in [0.05, 0.1) is 19.8 Å². The van der Waals surface area contributed by atoms with Crippen molar-refractivity contribution in [3.8, 4) is 5.88 Å². The van der Waals surface area contributed by atoms with E-state index in [-0.39, 0.29) is 0 Å². The standard InChI is InChI=1S/C15H24N2O3/c1-18-10-11-19-8-3-9-20-15-13(4-2-7-16-15)12-17-14-5-6-14/h2,4,7,14,17H,3,5-6,8-12H2,1H3. The first kappa shape index (κ1) is 15.2. The molecule has 1 aromatic heterocycles. The van der Waals surface area contributed by atoms with Gasteiger partial charge >= 0.3 is 0 Å². The van der Waals surface area contributed by atoms with E-state index < -0.39 is 0 Å². The van der Waals surface area contributed by atoms with Crippen molar-refractivity contribution in [3.63, 3.8) is 0 Å². The lowest BCUT2D eigenvalue weighted by Crippen LogP contribution is -2.16. The minimum Gasteiger partial charge on any atom is -0.477 e. The second-order valence-electron chi connectivity index (χ2n) is 4.93. The smallest absolute Gasteiger partial charge is 0.217 e. The Bertz CT molecular complexity index is 383. The molecule has 0 saturated heterocycles. The van der Waals surface area contributed by atoms with Gasteiger partial charge in [0.2, 0.25) is 5.88 Å². The molecule has 20 heavy (non-hydrogen) atoms. The Morgan fingerprint density at radius 3 is 2.95 bits per heavy atom. The monoisotopic (exact) mass is 280 g/mol. The molecule has 1 aliphatic rings.